The molecule has 1 aromatic rings. The van der Waals surface area contributed by atoms with E-state index in [0.717, 1.165) is 30.6 Å². The van der Waals surface area contributed by atoms with E-state index in [1.54, 1.807) is 6.07 Å². The summed E-state index contributed by atoms with van der Waals surface area (Å²) in [5, 5.41) is 1.10. The molecule has 0 N–H and O–H groups in total. The van der Waals surface area contributed by atoms with Crippen molar-refractivity contribution in [1.82, 2.24) is 0 Å². The minimum Gasteiger partial charge on any atom is -0.348 e. The molecule has 0 bridgehead atoms. The summed E-state index contributed by atoms with van der Waals surface area (Å²) in [5.74, 6) is 2.01. The van der Waals surface area contributed by atoms with E-state index in [1.165, 1.54) is 25.7 Å². The average Bonchev–Trinajstić information content (AvgIpc) is 2.59. The zero-order valence-corrected chi connectivity index (χ0v) is 15.0. The van der Waals surface area contributed by atoms with E-state index < -0.39 is 0 Å². The Morgan fingerprint density at radius 1 is 0.957 bits per heavy atom. The molecule has 1 saturated heterocycles. The molecule has 2 aliphatic rings. The molecule has 23 heavy (non-hydrogen) atoms. The van der Waals surface area contributed by atoms with Crippen LogP contribution in [0.15, 0.2) is 30.4 Å². The summed E-state index contributed by atoms with van der Waals surface area (Å²) in [7, 11) is 0. The van der Waals surface area contributed by atoms with Gasteiger partial charge in [-0.15, -0.1) is 0 Å². The van der Waals surface area contributed by atoms with E-state index in [-0.39, 0.29) is 6.29 Å². The van der Waals surface area contributed by atoms with Gasteiger partial charge in [0.05, 0.1) is 23.3 Å². The van der Waals surface area contributed by atoms with Crippen LogP contribution in [-0.2, 0) is 9.47 Å². The number of ether oxygens (including phenoxy) is 2. The maximum atomic E-state index is 6.07. The van der Waals surface area contributed by atoms with E-state index in [4.69, 9.17) is 32.7 Å². The van der Waals surface area contributed by atoms with E-state index >= 15 is 0 Å². The molecule has 4 heteroatoms. The third-order valence-corrected chi connectivity index (χ3v) is 5.83. The summed E-state index contributed by atoms with van der Waals surface area (Å²) in [6.45, 7) is 3.64. The molecule has 1 aliphatic heterocycles. The van der Waals surface area contributed by atoms with Crippen molar-refractivity contribution >= 4 is 23.2 Å². The van der Waals surface area contributed by atoms with Crippen LogP contribution in [0.4, 0.5) is 0 Å². The summed E-state index contributed by atoms with van der Waals surface area (Å²) in [4.78, 5) is 0. The maximum Gasteiger partial charge on any atom is 0.183 e. The quantitative estimate of drug-likeness (QED) is 0.616. The Bertz CT molecular complexity index is 542. The first-order valence-electron chi connectivity index (χ1n) is 8.48. The van der Waals surface area contributed by atoms with Gasteiger partial charge in [-0.25, -0.2) is 0 Å². The smallest absolute Gasteiger partial charge is 0.183 e. The lowest BCUT2D eigenvalue weighted by Gasteiger charge is -2.37. The molecule has 0 atom stereocenters. The van der Waals surface area contributed by atoms with Crippen molar-refractivity contribution in [2.75, 3.05) is 13.2 Å². The zero-order chi connectivity index (χ0) is 16.2. The summed E-state index contributed by atoms with van der Waals surface area (Å²) in [6.07, 6.45) is 9.36. The van der Waals surface area contributed by atoms with Crippen molar-refractivity contribution in [3.05, 3.63) is 46.0 Å². The van der Waals surface area contributed by atoms with Crippen LogP contribution in [0.3, 0.4) is 0 Å². The van der Waals surface area contributed by atoms with Crippen molar-refractivity contribution in [1.29, 1.82) is 0 Å². The van der Waals surface area contributed by atoms with E-state index in [0.29, 0.717) is 16.0 Å². The third kappa shape index (κ3) is 4.30. The van der Waals surface area contributed by atoms with Gasteiger partial charge in [-0.1, -0.05) is 41.4 Å². The predicted octanol–water partition coefficient (Wildman–Crippen LogP) is 6.04. The van der Waals surface area contributed by atoms with Gasteiger partial charge >= 0.3 is 0 Å². The molecule has 0 radical (unpaired) electrons. The second-order valence-electron chi connectivity index (χ2n) is 6.63. The summed E-state index contributed by atoms with van der Waals surface area (Å²) < 4.78 is 11.9. The first-order chi connectivity index (χ1) is 11.2. The van der Waals surface area contributed by atoms with Gasteiger partial charge in [0.1, 0.15) is 0 Å². The minimum absolute atomic E-state index is 0.319. The molecule has 1 saturated carbocycles. The van der Waals surface area contributed by atoms with Gasteiger partial charge in [-0.3, -0.25) is 0 Å². The van der Waals surface area contributed by atoms with Gasteiger partial charge in [0, 0.05) is 11.5 Å². The molecule has 2 fully saturated rings. The van der Waals surface area contributed by atoms with Gasteiger partial charge in [-0.2, -0.15) is 0 Å². The second-order valence-corrected chi connectivity index (χ2v) is 7.45. The monoisotopic (exact) mass is 354 g/mol. The number of hydrogen-bond acceptors (Lipinski definition) is 2. The van der Waals surface area contributed by atoms with Crippen LogP contribution in [0, 0.1) is 17.8 Å². The number of halogens is 2. The van der Waals surface area contributed by atoms with E-state index in [1.807, 2.05) is 12.1 Å². The van der Waals surface area contributed by atoms with Crippen LogP contribution in [0.5, 0.6) is 0 Å². The molecule has 1 heterocycles. The predicted molar refractivity (Wildman–Crippen MR) is 94.9 cm³/mol. The van der Waals surface area contributed by atoms with Gasteiger partial charge in [-0.05, 0) is 56.6 Å². The largest absolute Gasteiger partial charge is 0.348 e. The van der Waals surface area contributed by atoms with Crippen molar-refractivity contribution in [3.63, 3.8) is 0 Å². The lowest BCUT2D eigenvalue weighted by Crippen LogP contribution is -2.34. The van der Waals surface area contributed by atoms with Gasteiger partial charge in [0.2, 0.25) is 0 Å². The van der Waals surface area contributed by atoms with Crippen LogP contribution in [0.25, 0.3) is 0 Å². The highest BCUT2D eigenvalue weighted by molar-refractivity contribution is 6.42. The van der Waals surface area contributed by atoms with E-state index in [2.05, 4.69) is 19.1 Å². The zero-order valence-electron chi connectivity index (χ0n) is 13.5. The Hall–Kier alpha value is -0.540. The number of allylic oxidation sites excluding steroid dienone is 2. The third-order valence-electron chi connectivity index (χ3n) is 5.09. The summed E-state index contributed by atoms with van der Waals surface area (Å²) in [5.41, 5.74) is 0.939. The highest BCUT2D eigenvalue weighted by atomic mass is 35.5. The first-order valence-corrected chi connectivity index (χ1v) is 9.24. The van der Waals surface area contributed by atoms with Crippen LogP contribution in [0.1, 0.15) is 44.5 Å². The molecular formula is C19H24Cl2O2. The first kappa shape index (κ1) is 17.3. The molecule has 1 aliphatic carbocycles. The Labute approximate surface area is 148 Å². The Morgan fingerprint density at radius 2 is 1.65 bits per heavy atom. The topological polar surface area (TPSA) is 18.5 Å². The second kappa shape index (κ2) is 8.02. The Kier molecular flexibility index (Phi) is 6.03. The number of benzene rings is 1. The van der Waals surface area contributed by atoms with Crippen molar-refractivity contribution in [3.8, 4) is 0 Å². The average molecular weight is 355 g/mol. The Balaban J connectivity index is 1.51. The standard InChI is InChI=1S/C19H24Cl2O2/c1-2-3-13-4-6-14(7-5-13)16-11-22-19(23-12-16)15-8-9-17(20)18(21)10-15/h2-3,8-10,13-14,16,19H,4-7,11-12H2,1H3/b3-2+/t13-,14-,16?,19?. The molecule has 1 aromatic carbocycles. The van der Waals surface area contributed by atoms with Gasteiger partial charge in [0.15, 0.2) is 6.29 Å². The van der Waals surface area contributed by atoms with Gasteiger partial charge < -0.3 is 9.47 Å². The summed E-state index contributed by atoms with van der Waals surface area (Å²) in [6, 6.07) is 5.54. The van der Waals surface area contributed by atoms with Crippen LogP contribution in [-0.4, -0.2) is 13.2 Å². The van der Waals surface area contributed by atoms with Crippen molar-refractivity contribution in [2.24, 2.45) is 17.8 Å². The fraction of sp³-hybridized carbons (Fsp3) is 0.579. The fourth-order valence-electron chi connectivity index (χ4n) is 3.72. The number of hydrogen-bond donors (Lipinski definition) is 0. The van der Waals surface area contributed by atoms with Crippen molar-refractivity contribution < 1.29 is 9.47 Å². The van der Waals surface area contributed by atoms with Gasteiger partial charge in [0.25, 0.3) is 0 Å². The van der Waals surface area contributed by atoms with Crippen LogP contribution >= 0.6 is 23.2 Å². The molecule has 0 aromatic heterocycles. The molecule has 2 nitrogen and oxygen atoms in total. The summed E-state index contributed by atoms with van der Waals surface area (Å²) >= 11 is 12.0. The van der Waals surface area contributed by atoms with Crippen LogP contribution < -0.4 is 0 Å². The minimum atomic E-state index is -0.319. The molecule has 0 amide bonds. The van der Waals surface area contributed by atoms with E-state index in [9.17, 15) is 0 Å². The molecule has 0 unspecified atom stereocenters. The molecule has 3 rings (SSSR count). The number of rotatable bonds is 3. The molecule has 0 spiro atoms. The Morgan fingerprint density at radius 3 is 2.26 bits per heavy atom. The SMILES string of the molecule is C/C=C/[C@H]1CC[C@H](C2COC(c3ccc(Cl)c(Cl)c3)OC2)CC1. The highest BCUT2D eigenvalue weighted by Crippen LogP contribution is 2.38. The highest BCUT2D eigenvalue weighted by Gasteiger charge is 2.32. The van der Waals surface area contributed by atoms with Crippen LogP contribution in [0.2, 0.25) is 10.0 Å². The normalized spacial score (nSPS) is 32.3. The molecule has 126 valence electrons. The lowest BCUT2D eigenvalue weighted by atomic mass is 9.76. The van der Waals surface area contributed by atoms with Crippen molar-refractivity contribution in [2.45, 2.75) is 38.9 Å². The fourth-order valence-corrected chi connectivity index (χ4v) is 4.03. The maximum absolute atomic E-state index is 6.07. The lowest BCUT2D eigenvalue weighted by molar-refractivity contribution is -0.214. The molecular weight excluding hydrogens is 331 g/mol.